The summed E-state index contributed by atoms with van der Waals surface area (Å²) in [4.78, 5) is 23.9. The molecule has 8 heteroatoms. The molecular weight excluding hydrogens is 237 g/mol. The van der Waals surface area contributed by atoms with E-state index in [1.807, 2.05) is 0 Å². The van der Waals surface area contributed by atoms with Crippen molar-refractivity contribution in [1.29, 1.82) is 0 Å². The van der Waals surface area contributed by atoms with Crippen LogP contribution in [-0.2, 0) is 9.30 Å². The molecule has 0 saturated carbocycles. The monoisotopic (exact) mass is 259 g/mol. The molecule has 0 aliphatic heterocycles. The van der Waals surface area contributed by atoms with E-state index in [1.165, 1.54) is 0 Å². The molecule has 0 unspecified atom stereocenters. The summed E-state index contributed by atoms with van der Waals surface area (Å²) in [5.41, 5.74) is 0. The summed E-state index contributed by atoms with van der Waals surface area (Å²) in [5, 5.41) is 8.41. The van der Waals surface area contributed by atoms with Gasteiger partial charge in [0.05, 0.1) is 19.8 Å². The average molecular weight is 259 g/mol. The number of rotatable bonds is 7. The van der Waals surface area contributed by atoms with Gasteiger partial charge in [-0.1, -0.05) is 13.8 Å². The van der Waals surface area contributed by atoms with Gasteiger partial charge in [-0.05, 0) is 13.1 Å². The minimum atomic E-state index is -4.64. The average Bonchev–Trinajstić information content (AvgIpc) is 2.16. The molecule has 0 radical (unpaired) electrons. The molecule has 0 fully saturated rings. The fraction of sp³-hybridized carbons (Fsp3) is 1.00. The largest absolute Gasteiger partial charge is 0.466 e. The molecule has 0 saturated heterocycles. The van der Waals surface area contributed by atoms with Crippen molar-refractivity contribution in [3.05, 3.63) is 0 Å². The number of aliphatic hydroxyl groups excluding tert-OH is 1. The predicted octanol–water partition coefficient (Wildman–Crippen LogP) is -0.591. The molecule has 0 aliphatic rings. The summed E-state index contributed by atoms with van der Waals surface area (Å²) in [6, 6.07) is 0. The van der Waals surface area contributed by atoms with Crippen LogP contribution >= 0.6 is 7.82 Å². The van der Waals surface area contributed by atoms with Gasteiger partial charge in [-0.15, -0.1) is 0 Å². The first-order valence-corrected chi connectivity index (χ1v) is 6.60. The lowest BCUT2D eigenvalue weighted by Gasteiger charge is -2.17. The van der Waals surface area contributed by atoms with Crippen LogP contribution in [0.5, 0.6) is 0 Å². The molecule has 0 amide bonds. The van der Waals surface area contributed by atoms with Crippen LogP contribution in [-0.4, -0.2) is 64.1 Å². The Kier molecular flexibility index (Phi) is 13.2. The van der Waals surface area contributed by atoms with Gasteiger partial charge < -0.3 is 29.4 Å². The molecule has 0 rings (SSSR count). The third-order valence-electron chi connectivity index (χ3n) is 1.68. The smallest absolute Gasteiger partial charge is 0.394 e. The van der Waals surface area contributed by atoms with Crippen molar-refractivity contribution < 1.29 is 29.1 Å². The van der Waals surface area contributed by atoms with Crippen LogP contribution in [0.3, 0.4) is 0 Å². The Morgan fingerprint density at radius 1 is 1.12 bits per heavy atom. The van der Waals surface area contributed by atoms with E-state index in [9.17, 15) is 0 Å². The van der Waals surface area contributed by atoms with Crippen LogP contribution in [0.4, 0.5) is 0 Å². The second-order valence-corrected chi connectivity index (χ2v) is 3.90. The summed E-state index contributed by atoms with van der Waals surface area (Å²) < 4.78 is 14.0. The molecule has 7 nitrogen and oxygen atoms in total. The van der Waals surface area contributed by atoms with Gasteiger partial charge in [0.1, 0.15) is 0 Å². The lowest BCUT2D eigenvalue weighted by molar-refractivity contribution is 0.0757. The molecular formula is C8H22NO6P. The molecule has 0 spiro atoms. The highest BCUT2D eigenvalue weighted by Crippen LogP contribution is 2.25. The molecule has 0 aromatic heterocycles. The van der Waals surface area contributed by atoms with E-state index in [1.54, 1.807) is 0 Å². The molecule has 0 heterocycles. The van der Waals surface area contributed by atoms with Crippen molar-refractivity contribution in [1.82, 2.24) is 4.90 Å². The minimum Gasteiger partial charge on any atom is -0.394 e. The minimum absolute atomic E-state index is 0.123. The van der Waals surface area contributed by atoms with Crippen LogP contribution in [0.1, 0.15) is 13.8 Å². The summed E-state index contributed by atoms with van der Waals surface area (Å²) in [5.74, 6) is 0. The van der Waals surface area contributed by atoms with Gasteiger partial charge >= 0.3 is 7.82 Å². The van der Waals surface area contributed by atoms with Crippen molar-refractivity contribution in [3.63, 3.8) is 0 Å². The Labute approximate surface area is 95.9 Å². The maximum atomic E-state index is 8.88. The number of likely N-dealkylation sites (N-methyl/N-ethyl adjacent to an activating group) is 1. The first kappa shape index (κ1) is 18.4. The normalized spacial score (nSPS) is 11.2. The van der Waals surface area contributed by atoms with Gasteiger partial charge in [-0.25, -0.2) is 4.57 Å². The highest BCUT2D eigenvalue weighted by atomic mass is 31.2. The highest BCUT2D eigenvalue weighted by molar-refractivity contribution is 7.45. The maximum Gasteiger partial charge on any atom is 0.466 e. The fourth-order valence-corrected chi connectivity index (χ4v) is 0.900. The van der Waals surface area contributed by atoms with Crippen LogP contribution in [0, 0.1) is 0 Å². The molecule has 16 heavy (non-hydrogen) atoms. The van der Waals surface area contributed by atoms with Gasteiger partial charge in [-0.3, -0.25) is 0 Å². The van der Waals surface area contributed by atoms with Crippen LogP contribution in [0.2, 0.25) is 0 Å². The van der Waals surface area contributed by atoms with Gasteiger partial charge in [0.25, 0.3) is 0 Å². The molecule has 4 N–H and O–H groups in total. The summed E-state index contributed by atoms with van der Waals surface area (Å²) in [6.07, 6.45) is 0. The first-order valence-electron chi connectivity index (χ1n) is 5.04. The molecule has 0 aromatic carbocycles. The van der Waals surface area contributed by atoms with Crippen molar-refractivity contribution >= 4 is 7.82 Å². The van der Waals surface area contributed by atoms with E-state index >= 15 is 0 Å². The third kappa shape index (κ3) is 23.7. The summed E-state index contributed by atoms with van der Waals surface area (Å²) >= 11 is 0. The van der Waals surface area contributed by atoms with Crippen LogP contribution in [0.25, 0.3) is 0 Å². The number of phosphoric acid groups is 1. The SMILES string of the molecule is CCN(CC)CCOCCO.O=P(O)(O)O. The Morgan fingerprint density at radius 3 is 1.88 bits per heavy atom. The van der Waals surface area contributed by atoms with E-state index in [4.69, 9.17) is 29.1 Å². The second-order valence-electron chi connectivity index (χ2n) is 2.88. The predicted molar refractivity (Wildman–Crippen MR) is 60.0 cm³/mol. The lowest BCUT2D eigenvalue weighted by Crippen LogP contribution is -2.27. The number of hydrogen-bond acceptors (Lipinski definition) is 4. The number of ether oxygens (including phenoxy) is 1. The number of hydrogen-bond donors (Lipinski definition) is 4. The maximum absolute atomic E-state index is 8.88. The zero-order valence-corrected chi connectivity index (χ0v) is 10.6. The van der Waals surface area contributed by atoms with Crippen molar-refractivity contribution in [2.24, 2.45) is 0 Å². The van der Waals surface area contributed by atoms with E-state index in [2.05, 4.69) is 18.7 Å². The Morgan fingerprint density at radius 2 is 1.56 bits per heavy atom. The van der Waals surface area contributed by atoms with E-state index < -0.39 is 7.82 Å². The molecule has 0 aliphatic carbocycles. The summed E-state index contributed by atoms with van der Waals surface area (Å²) in [7, 11) is -4.64. The molecule has 0 aromatic rings. The zero-order chi connectivity index (χ0) is 13.0. The fourth-order valence-electron chi connectivity index (χ4n) is 0.900. The second kappa shape index (κ2) is 11.5. The molecule has 100 valence electrons. The molecule has 0 bridgehead atoms. The Bertz CT molecular complexity index is 173. The standard InChI is InChI=1S/C8H19NO2.H3O4P/c1-3-9(4-2)5-7-11-8-6-10;1-5(2,3)4/h10H,3-8H2,1-2H3;(H3,1,2,3,4). The highest BCUT2D eigenvalue weighted by Gasteiger charge is 2.00. The lowest BCUT2D eigenvalue weighted by atomic mass is 10.5. The number of aliphatic hydroxyl groups is 1. The van der Waals surface area contributed by atoms with Crippen LogP contribution < -0.4 is 0 Å². The Balaban J connectivity index is 0. The van der Waals surface area contributed by atoms with E-state index in [-0.39, 0.29) is 6.61 Å². The quantitative estimate of drug-likeness (QED) is 0.357. The van der Waals surface area contributed by atoms with Crippen molar-refractivity contribution in [2.45, 2.75) is 13.8 Å². The van der Waals surface area contributed by atoms with Gasteiger partial charge in [-0.2, -0.15) is 0 Å². The first-order chi connectivity index (χ1) is 7.35. The van der Waals surface area contributed by atoms with Crippen molar-refractivity contribution in [2.75, 3.05) is 39.5 Å². The topological polar surface area (TPSA) is 110 Å². The van der Waals surface area contributed by atoms with Gasteiger partial charge in [0.2, 0.25) is 0 Å². The zero-order valence-electron chi connectivity index (χ0n) is 9.74. The van der Waals surface area contributed by atoms with Gasteiger partial charge in [0, 0.05) is 6.54 Å². The van der Waals surface area contributed by atoms with Gasteiger partial charge in [0.15, 0.2) is 0 Å². The van der Waals surface area contributed by atoms with Crippen LogP contribution in [0.15, 0.2) is 0 Å². The van der Waals surface area contributed by atoms with E-state index in [0.29, 0.717) is 6.61 Å². The van der Waals surface area contributed by atoms with Crippen molar-refractivity contribution in [3.8, 4) is 0 Å². The summed E-state index contributed by atoms with van der Waals surface area (Å²) in [6.45, 7) is 8.68. The molecule has 0 atom stereocenters. The third-order valence-corrected chi connectivity index (χ3v) is 1.68. The Hall–Kier alpha value is -0.0100. The number of nitrogens with zero attached hydrogens (tertiary/aromatic N) is 1. The van der Waals surface area contributed by atoms with E-state index in [0.717, 1.165) is 26.2 Å².